The molecule has 0 radical (unpaired) electrons. The second kappa shape index (κ2) is 11.8. The van der Waals surface area contributed by atoms with E-state index in [1.807, 2.05) is 23.4 Å². The van der Waals surface area contributed by atoms with Crippen LogP contribution in [0.1, 0.15) is 21.7 Å². The predicted molar refractivity (Wildman–Crippen MR) is 144 cm³/mol. The lowest BCUT2D eigenvalue weighted by Crippen LogP contribution is -2.24. The van der Waals surface area contributed by atoms with Gasteiger partial charge in [-0.2, -0.15) is 0 Å². The number of likely N-dealkylation sites (N-methyl/N-ethyl adjacent to an activating group) is 1. The number of nitrogens with one attached hydrogen (secondary N) is 1. The number of hydrogen-bond acceptors (Lipinski definition) is 9. The number of thiazole rings is 1. The van der Waals surface area contributed by atoms with Gasteiger partial charge in [-0.05, 0) is 25.6 Å². The van der Waals surface area contributed by atoms with Crippen LogP contribution in [0.2, 0.25) is 10.0 Å². The molecule has 0 saturated carbocycles. The SMILES string of the molecule is COCCN(C)Cc1sc(NC(=O)c2cnc(N3CCC(C(=O)O)C3)c(Cl)c2)nc1-c1cc(Cl)cs1. The molecular weight excluding hydrogens is 545 g/mol. The van der Waals surface area contributed by atoms with Crippen molar-refractivity contribution in [3.05, 3.63) is 44.2 Å². The molecule has 4 rings (SSSR count). The van der Waals surface area contributed by atoms with Crippen LogP contribution in [0.4, 0.5) is 10.9 Å². The molecule has 3 aromatic rings. The van der Waals surface area contributed by atoms with Crippen LogP contribution >= 0.6 is 45.9 Å². The molecule has 192 valence electrons. The van der Waals surface area contributed by atoms with Gasteiger partial charge in [-0.25, -0.2) is 9.97 Å². The van der Waals surface area contributed by atoms with Crippen LogP contribution < -0.4 is 10.2 Å². The molecular formula is C23H25Cl2N5O4S2. The van der Waals surface area contributed by atoms with Gasteiger partial charge in [0.2, 0.25) is 0 Å². The summed E-state index contributed by atoms with van der Waals surface area (Å²) in [4.78, 5) is 39.1. The molecule has 0 aromatic carbocycles. The number of carboxylic acids is 1. The largest absolute Gasteiger partial charge is 0.481 e. The lowest BCUT2D eigenvalue weighted by Gasteiger charge is -2.18. The minimum absolute atomic E-state index is 0.285. The highest BCUT2D eigenvalue weighted by Crippen LogP contribution is 2.37. The minimum Gasteiger partial charge on any atom is -0.481 e. The molecule has 1 saturated heterocycles. The maximum Gasteiger partial charge on any atom is 0.308 e. The van der Waals surface area contributed by atoms with Crippen molar-refractivity contribution in [3.63, 3.8) is 0 Å². The zero-order chi connectivity index (χ0) is 25.8. The fourth-order valence-electron chi connectivity index (χ4n) is 3.82. The van der Waals surface area contributed by atoms with E-state index in [4.69, 9.17) is 27.9 Å². The van der Waals surface area contributed by atoms with Gasteiger partial charge >= 0.3 is 5.97 Å². The van der Waals surface area contributed by atoms with Crippen LogP contribution in [0.3, 0.4) is 0 Å². The Hall–Kier alpha value is -2.28. The summed E-state index contributed by atoms with van der Waals surface area (Å²) in [5.41, 5.74) is 1.07. The summed E-state index contributed by atoms with van der Waals surface area (Å²) in [6.07, 6.45) is 1.97. The Morgan fingerprint density at radius 1 is 1.36 bits per heavy atom. The standard InChI is InChI=1S/C23H25Cl2N5O4S2/c1-29(5-6-34-2)11-18-19(17-8-15(24)12-35-17)27-23(36-18)28-21(31)14-7-16(25)20(26-9-14)30-4-3-13(10-30)22(32)33/h7-9,12-13H,3-6,10-11H2,1-2H3,(H,32,33)(H,27,28,31). The van der Waals surface area contributed by atoms with Crippen molar-refractivity contribution in [2.75, 3.05) is 50.6 Å². The van der Waals surface area contributed by atoms with Crippen LogP contribution in [-0.2, 0) is 16.1 Å². The first-order chi connectivity index (χ1) is 17.2. The molecule has 9 nitrogen and oxygen atoms in total. The first-order valence-electron chi connectivity index (χ1n) is 11.1. The van der Waals surface area contributed by atoms with Gasteiger partial charge in [0.15, 0.2) is 5.13 Å². The number of carbonyl (C=O) groups is 2. The summed E-state index contributed by atoms with van der Waals surface area (Å²) in [5, 5.41) is 15.3. The van der Waals surface area contributed by atoms with Crippen LogP contribution in [0.25, 0.3) is 10.6 Å². The lowest BCUT2D eigenvalue weighted by atomic mass is 10.1. The molecule has 1 fully saturated rings. The summed E-state index contributed by atoms with van der Waals surface area (Å²) < 4.78 is 5.17. The first-order valence-corrected chi connectivity index (χ1v) is 13.6. The van der Waals surface area contributed by atoms with E-state index in [2.05, 4.69) is 20.2 Å². The van der Waals surface area contributed by atoms with Gasteiger partial charge in [0.1, 0.15) is 5.82 Å². The molecule has 3 aromatic heterocycles. The number of carboxylic acid groups (broad SMARTS) is 1. The highest BCUT2D eigenvalue weighted by atomic mass is 35.5. The number of anilines is 2. The average Bonchev–Trinajstić information content (AvgIpc) is 3.58. The van der Waals surface area contributed by atoms with E-state index in [0.29, 0.717) is 53.7 Å². The monoisotopic (exact) mass is 569 g/mol. The number of thiophene rings is 1. The van der Waals surface area contributed by atoms with Crippen molar-refractivity contribution in [1.82, 2.24) is 14.9 Å². The summed E-state index contributed by atoms with van der Waals surface area (Å²) >= 11 is 15.5. The van der Waals surface area contributed by atoms with Crippen molar-refractivity contribution in [2.24, 2.45) is 5.92 Å². The van der Waals surface area contributed by atoms with Gasteiger partial charge in [0, 0.05) is 49.7 Å². The Labute approximate surface area is 226 Å². The smallest absolute Gasteiger partial charge is 0.308 e. The summed E-state index contributed by atoms with van der Waals surface area (Å²) in [7, 11) is 3.66. The van der Waals surface area contributed by atoms with Crippen LogP contribution in [-0.4, -0.2) is 72.2 Å². The number of rotatable bonds is 10. The molecule has 1 atom stereocenters. The molecule has 0 spiro atoms. The second-order valence-corrected chi connectivity index (χ2v) is 11.2. The van der Waals surface area contributed by atoms with Gasteiger partial charge in [-0.3, -0.25) is 19.8 Å². The zero-order valence-electron chi connectivity index (χ0n) is 19.7. The topological polar surface area (TPSA) is 108 Å². The Kier molecular flexibility index (Phi) is 8.81. The molecule has 0 aliphatic carbocycles. The number of aromatic nitrogens is 2. The van der Waals surface area contributed by atoms with E-state index in [1.54, 1.807) is 13.2 Å². The molecule has 1 unspecified atom stereocenters. The number of pyridine rings is 1. The fourth-order valence-corrected chi connectivity index (χ4v) is 6.32. The summed E-state index contributed by atoms with van der Waals surface area (Å²) in [5.74, 6) is -1.19. The van der Waals surface area contributed by atoms with Gasteiger partial charge in [-0.15, -0.1) is 11.3 Å². The maximum absolute atomic E-state index is 13.0. The quantitative estimate of drug-likeness (QED) is 0.358. The van der Waals surface area contributed by atoms with Crippen molar-refractivity contribution in [1.29, 1.82) is 0 Å². The number of hydrogen-bond donors (Lipinski definition) is 2. The van der Waals surface area contributed by atoms with Crippen molar-refractivity contribution in [2.45, 2.75) is 13.0 Å². The Morgan fingerprint density at radius 2 is 2.17 bits per heavy atom. The van der Waals surface area contributed by atoms with Crippen LogP contribution in [0, 0.1) is 5.92 Å². The Bertz CT molecular complexity index is 1250. The molecule has 13 heteroatoms. The van der Waals surface area contributed by atoms with Crippen LogP contribution in [0.15, 0.2) is 23.7 Å². The lowest BCUT2D eigenvalue weighted by molar-refractivity contribution is -0.140. The van der Waals surface area contributed by atoms with Gasteiger partial charge < -0.3 is 14.7 Å². The van der Waals surface area contributed by atoms with E-state index in [1.165, 1.54) is 28.9 Å². The van der Waals surface area contributed by atoms with Crippen LogP contribution in [0.5, 0.6) is 0 Å². The fraction of sp³-hybridized carbons (Fsp3) is 0.391. The maximum atomic E-state index is 13.0. The number of halogens is 2. The molecule has 36 heavy (non-hydrogen) atoms. The van der Waals surface area contributed by atoms with E-state index in [9.17, 15) is 14.7 Å². The normalized spacial score (nSPS) is 15.6. The number of amides is 1. The van der Waals surface area contributed by atoms with E-state index in [-0.39, 0.29) is 11.5 Å². The molecule has 1 amide bonds. The number of carbonyl (C=O) groups excluding carboxylic acids is 1. The second-order valence-electron chi connectivity index (χ2n) is 8.40. The first kappa shape index (κ1) is 26.8. The molecule has 4 heterocycles. The number of nitrogens with zero attached hydrogens (tertiary/aromatic N) is 4. The molecule has 1 aliphatic heterocycles. The third kappa shape index (κ3) is 6.34. The van der Waals surface area contributed by atoms with Gasteiger partial charge in [0.25, 0.3) is 5.91 Å². The molecule has 2 N–H and O–H groups in total. The third-order valence-electron chi connectivity index (χ3n) is 5.73. The highest BCUT2D eigenvalue weighted by Gasteiger charge is 2.30. The van der Waals surface area contributed by atoms with Crippen molar-refractivity contribution >= 4 is 68.7 Å². The number of methoxy groups -OCH3 is 1. The molecule has 1 aliphatic rings. The van der Waals surface area contributed by atoms with E-state index >= 15 is 0 Å². The average molecular weight is 571 g/mol. The number of aliphatic carboxylic acids is 1. The third-order valence-corrected chi connectivity index (χ3v) is 8.25. The highest BCUT2D eigenvalue weighted by molar-refractivity contribution is 7.17. The Morgan fingerprint density at radius 3 is 2.81 bits per heavy atom. The van der Waals surface area contributed by atoms with Gasteiger partial charge in [0.05, 0.1) is 38.7 Å². The van der Waals surface area contributed by atoms with E-state index in [0.717, 1.165) is 22.0 Å². The molecule has 0 bridgehead atoms. The van der Waals surface area contributed by atoms with Gasteiger partial charge in [-0.1, -0.05) is 34.5 Å². The number of ether oxygens (including phenoxy) is 1. The predicted octanol–water partition coefficient (Wildman–Crippen LogP) is 4.81. The Balaban J connectivity index is 1.50. The minimum atomic E-state index is -0.832. The summed E-state index contributed by atoms with van der Waals surface area (Å²) in [6, 6.07) is 3.40. The summed E-state index contributed by atoms with van der Waals surface area (Å²) in [6.45, 7) is 2.88. The van der Waals surface area contributed by atoms with Crippen molar-refractivity contribution in [3.8, 4) is 10.6 Å². The zero-order valence-corrected chi connectivity index (χ0v) is 22.8. The van der Waals surface area contributed by atoms with Crippen molar-refractivity contribution < 1.29 is 19.4 Å². The van der Waals surface area contributed by atoms with E-state index < -0.39 is 11.9 Å².